The fraction of sp³-hybridized carbons (Fsp3) is 0.130. The molecular formula is C23H17ClN2O4S. The second-order valence-corrected chi connectivity index (χ2v) is 10.1. The molecule has 31 heavy (non-hydrogen) atoms. The van der Waals surface area contributed by atoms with E-state index in [1.807, 2.05) is 30.3 Å². The van der Waals surface area contributed by atoms with Gasteiger partial charge < -0.3 is 9.42 Å². The van der Waals surface area contributed by atoms with E-state index in [9.17, 15) is 13.2 Å². The third kappa shape index (κ3) is 3.49. The first-order valence-corrected chi connectivity index (χ1v) is 11.6. The van der Waals surface area contributed by atoms with Crippen molar-refractivity contribution in [2.45, 2.75) is 10.1 Å². The Labute approximate surface area is 183 Å². The minimum absolute atomic E-state index is 0.150. The Morgan fingerprint density at radius 2 is 1.71 bits per heavy atom. The van der Waals surface area contributed by atoms with Gasteiger partial charge in [-0.3, -0.25) is 4.79 Å². The number of aromatic nitrogens is 1. The normalized spacial score (nSPS) is 14.5. The van der Waals surface area contributed by atoms with Crippen LogP contribution in [0, 0.1) is 0 Å². The Morgan fingerprint density at radius 1 is 1.00 bits per heavy atom. The summed E-state index contributed by atoms with van der Waals surface area (Å²) in [6, 6.07) is 20.8. The van der Waals surface area contributed by atoms with Crippen molar-refractivity contribution in [2.24, 2.45) is 0 Å². The number of rotatable bonds is 4. The zero-order chi connectivity index (χ0) is 21.6. The fourth-order valence-electron chi connectivity index (χ4n) is 3.67. The van der Waals surface area contributed by atoms with E-state index in [1.54, 1.807) is 30.3 Å². The summed E-state index contributed by atoms with van der Waals surface area (Å²) in [5, 5.41) is 4.66. The largest absolute Gasteiger partial charge is 0.355 e. The van der Waals surface area contributed by atoms with Crippen molar-refractivity contribution in [2.75, 3.05) is 13.1 Å². The highest BCUT2D eigenvalue weighted by molar-refractivity contribution is 7.92. The molecule has 3 aromatic carbocycles. The van der Waals surface area contributed by atoms with Crippen molar-refractivity contribution in [3.63, 3.8) is 0 Å². The fourth-order valence-corrected chi connectivity index (χ4v) is 5.45. The van der Waals surface area contributed by atoms with Gasteiger partial charge in [0.25, 0.3) is 5.91 Å². The predicted molar refractivity (Wildman–Crippen MR) is 118 cm³/mol. The van der Waals surface area contributed by atoms with Gasteiger partial charge in [-0.25, -0.2) is 8.42 Å². The Morgan fingerprint density at radius 3 is 2.42 bits per heavy atom. The van der Waals surface area contributed by atoms with Crippen molar-refractivity contribution < 1.29 is 17.7 Å². The third-order valence-electron chi connectivity index (χ3n) is 5.48. The van der Waals surface area contributed by atoms with Crippen LogP contribution in [0.15, 0.2) is 82.2 Å². The van der Waals surface area contributed by atoms with Crippen molar-refractivity contribution in [3.05, 3.63) is 83.4 Å². The summed E-state index contributed by atoms with van der Waals surface area (Å²) in [6.45, 7) is 0.300. The highest BCUT2D eigenvalue weighted by Crippen LogP contribution is 2.31. The van der Waals surface area contributed by atoms with Gasteiger partial charge in [-0.05, 0) is 42.5 Å². The summed E-state index contributed by atoms with van der Waals surface area (Å²) in [6.07, 6.45) is 0. The highest BCUT2D eigenvalue weighted by Gasteiger charge is 2.40. The molecule has 0 radical (unpaired) electrons. The zero-order valence-electron chi connectivity index (χ0n) is 16.2. The molecule has 0 bridgehead atoms. The first-order chi connectivity index (χ1) is 14.9. The summed E-state index contributed by atoms with van der Waals surface area (Å²) in [4.78, 5) is 14.7. The van der Waals surface area contributed by atoms with Crippen LogP contribution in [0.1, 0.15) is 10.4 Å². The van der Waals surface area contributed by atoms with Crippen LogP contribution in [-0.2, 0) is 9.84 Å². The molecule has 0 unspecified atom stereocenters. The molecule has 156 valence electrons. The van der Waals surface area contributed by atoms with Crippen LogP contribution in [0.3, 0.4) is 0 Å². The van der Waals surface area contributed by atoms with Crippen molar-refractivity contribution >= 4 is 38.2 Å². The van der Waals surface area contributed by atoms with Gasteiger partial charge in [0.05, 0.1) is 10.3 Å². The van der Waals surface area contributed by atoms with E-state index in [4.69, 9.17) is 16.1 Å². The quantitative estimate of drug-likeness (QED) is 0.457. The van der Waals surface area contributed by atoms with Gasteiger partial charge >= 0.3 is 0 Å². The van der Waals surface area contributed by atoms with Gasteiger partial charge in [-0.1, -0.05) is 47.1 Å². The molecule has 0 atom stereocenters. The lowest BCUT2D eigenvalue weighted by Gasteiger charge is -2.38. The SMILES string of the molecule is O=C(c1ccc2noc(-c3ccccc3)c2c1)N1CC(S(=O)(=O)c2ccc(Cl)cc2)C1. The van der Waals surface area contributed by atoms with Gasteiger partial charge in [0.2, 0.25) is 0 Å². The van der Waals surface area contributed by atoms with E-state index >= 15 is 0 Å². The van der Waals surface area contributed by atoms with Crippen molar-refractivity contribution in [1.82, 2.24) is 10.1 Å². The number of nitrogens with zero attached hydrogens (tertiary/aromatic N) is 2. The van der Waals surface area contributed by atoms with Gasteiger partial charge in [0, 0.05) is 29.2 Å². The van der Waals surface area contributed by atoms with Gasteiger partial charge in [-0.15, -0.1) is 0 Å². The van der Waals surface area contributed by atoms with Crippen LogP contribution in [0.4, 0.5) is 0 Å². The molecule has 5 rings (SSSR count). The topological polar surface area (TPSA) is 80.5 Å². The molecule has 1 aromatic heterocycles. The number of hydrogen-bond donors (Lipinski definition) is 0. The molecule has 0 N–H and O–H groups in total. The molecule has 2 heterocycles. The molecule has 0 saturated carbocycles. The molecule has 1 aliphatic heterocycles. The molecule has 4 aromatic rings. The number of hydrogen-bond acceptors (Lipinski definition) is 5. The van der Waals surface area contributed by atoms with E-state index in [1.165, 1.54) is 17.0 Å². The highest BCUT2D eigenvalue weighted by atomic mass is 35.5. The Kier molecular flexibility index (Phi) is 4.79. The Bertz CT molecular complexity index is 1380. The summed E-state index contributed by atoms with van der Waals surface area (Å²) in [5.41, 5.74) is 1.99. The molecule has 1 saturated heterocycles. The minimum atomic E-state index is -3.51. The maximum atomic E-state index is 13.0. The number of fused-ring (bicyclic) bond motifs is 1. The number of amides is 1. The monoisotopic (exact) mass is 452 g/mol. The molecule has 1 fully saturated rings. The smallest absolute Gasteiger partial charge is 0.253 e. The van der Waals surface area contributed by atoms with E-state index in [2.05, 4.69) is 5.16 Å². The van der Waals surface area contributed by atoms with Crippen LogP contribution in [-0.4, -0.2) is 42.7 Å². The second-order valence-electron chi connectivity index (χ2n) is 7.44. The summed E-state index contributed by atoms with van der Waals surface area (Å²) < 4.78 is 31.0. The number of halogens is 1. The average Bonchev–Trinajstić information content (AvgIpc) is 3.16. The summed E-state index contributed by atoms with van der Waals surface area (Å²) in [5.74, 6) is 0.377. The third-order valence-corrected chi connectivity index (χ3v) is 7.83. The van der Waals surface area contributed by atoms with Gasteiger partial charge in [-0.2, -0.15) is 0 Å². The number of benzene rings is 3. The van der Waals surface area contributed by atoms with Gasteiger partial charge in [0.1, 0.15) is 10.8 Å². The molecule has 1 aliphatic rings. The molecular weight excluding hydrogens is 436 g/mol. The standard InChI is InChI=1S/C23H17ClN2O4S/c24-17-7-9-18(10-8-17)31(28,29)19-13-26(14-19)23(27)16-6-11-21-20(12-16)22(30-25-21)15-4-2-1-3-5-15/h1-12,19H,13-14H2. The lowest BCUT2D eigenvalue weighted by Crippen LogP contribution is -2.56. The number of sulfone groups is 1. The molecule has 8 heteroatoms. The van der Waals surface area contributed by atoms with E-state index in [0.717, 1.165) is 10.9 Å². The predicted octanol–water partition coefficient (Wildman–Crippen LogP) is 4.45. The minimum Gasteiger partial charge on any atom is -0.355 e. The van der Waals surface area contributed by atoms with E-state index in [-0.39, 0.29) is 23.9 Å². The van der Waals surface area contributed by atoms with Crippen LogP contribution in [0.2, 0.25) is 5.02 Å². The van der Waals surface area contributed by atoms with E-state index in [0.29, 0.717) is 21.9 Å². The number of carbonyl (C=O) groups excluding carboxylic acids is 1. The zero-order valence-corrected chi connectivity index (χ0v) is 17.8. The first kappa shape index (κ1) is 19.8. The van der Waals surface area contributed by atoms with Crippen LogP contribution >= 0.6 is 11.6 Å². The summed E-state index contributed by atoms with van der Waals surface area (Å²) in [7, 11) is -3.51. The average molecular weight is 453 g/mol. The first-order valence-electron chi connectivity index (χ1n) is 9.67. The maximum absolute atomic E-state index is 13.0. The lowest BCUT2D eigenvalue weighted by molar-refractivity contribution is 0.0659. The van der Waals surface area contributed by atoms with Crippen LogP contribution < -0.4 is 0 Å². The number of carbonyl (C=O) groups is 1. The molecule has 0 spiro atoms. The molecule has 1 amide bonds. The maximum Gasteiger partial charge on any atom is 0.253 e. The molecule has 6 nitrogen and oxygen atoms in total. The van der Waals surface area contributed by atoms with Crippen molar-refractivity contribution in [1.29, 1.82) is 0 Å². The van der Waals surface area contributed by atoms with Gasteiger partial charge in [0.15, 0.2) is 15.6 Å². The van der Waals surface area contributed by atoms with Crippen molar-refractivity contribution in [3.8, 4) is 11.3 Å². The lowest BCUT2D eigenvalue weighted by atomic mass is 10.0. The Balaban J connectivity index is 1.36. The van der Waals surface area contributed by atoms with Crippen LogP contribution in [0.25, 0.3) is 22.2 Å². The Hall–Kier alpha value is -3.16. The second kappa shape index (κ2) is 7.51. The van der Waals surface area contributed by atoms with Crippen LogP contribution in [0.5, 0.6) is 0 Å². The number of likely N-dealkylation sites (tertiary alicyclic amines) is 1. The van der Waals surface area contributed by atoms with E-state index < -0.39 is 15.1 Å². The molecule has 0 aliphatic carbocycles. The summed E-state index contributed by atoms with van der Waals surface area (Å²) >= 11 is 5.85.